The van der Waals surface area contributed by atoms with E-state index in [9.17, 15) is 0 Å². The fourth-order valence-electron chi connectivity index (χ4n) is 6.14. The van der Waals surface area contributed by atoms with Crippen molar-refractivity contribution in [3.8, 4) is 0 Å². The molecule has 0 aromatic carbocycles. The summed E-state index contributed by atoms with van der Waals surface area (Å²) in [6.45, 7) is 12.8. The van der Waals surface area contributed by atoms with Crippen LogP contribution in [0.25, 0.3) is 0 Å². The first kappa shape index (κ1) is 28.4. The van der Waals surface area contributed by atoms with Gasteiger partial charge in [0, 0.05) is 0 Å². The van der Waals surface area contributed by atoms with Crippen molar-refractivity contribution in [3.63, 3.8) is 0 Å². The molecule has 2 heteroatoms. The minimum atomic E-state index is -2.37. The molecule has 0 radical (unpaired) electrons. The summed E-state index contributed by atoms with van der Waals surface area (Å²) in [7, 11) is 0. The van der Waals surface area contributed by atoms with E-state index in [0.29, 0.717) is 0 Å². The summed E-state index contributed by atoms with van der Waals surface area (Å²) >= 11 is -2.37. The number of hydrogen-bond acceptors (Lipinski definition) is 0. The van der Waals surface area contributed by atoms with Gasteiger partial charge >= 0.3 is 197 Å². The SMILES string of the molecule is CCCCCCCC[C]1=C(CC)B(CC)C(CC)=[C](CCCCCCCC)[Sn]1([CH3])[CH3]. The van der Waals surface area contributed by atoms with Crippen LogP contribution in [0.3, 0.4) is 0 Å². The zero-order valence-corrected chi connectivity index (χ0v) is 25.0. The van der Waals surface area contributed by atoms with Gasteiger partial charge in [-0.15, -0.1) is 0 Å². The van der Waals surface area contributed by atoms with Gasteiger partial charge in [0.1, 0.15) is 0 Å². The molecule has 1 rings (SSSR count). The van der Waals surface area contributed by atoms with Crippen molar-refractivity contribution in [2.45, 2.75) is 154 Å². The van der Waals surface area contributed by atoms with Crippen molar-refractivity contribution in [1.29, 1.82) is 0 Å². The average Bonchev–Trinajstić information content (AvgIpc) is 2.74. The van der Waals surface area contributed by atoms with E-state index < -0.39 is 18.4 Å². The van der Waals surface area contributed by atoms with Crippen LogP contribution >= 0.6 is 0 Å². The molecule has 0 saturated heterocycles. The molecule has 0 unspecified atom stereocenters. The van der Waals surface area contributed by atoms with Crippen LogP contribution in [-0.2, 0) is 0 Å². The van der Waals surface area contributed by atoms with Crippen LogP contribution in [-0.4, -0.2) is 25.1 Å². The number of allylic oxidation sites excluding steroid dienone is 4. The summed E-state index contributed by atoms with van der Waals surface area (Å²) in [5.74, 6) is 0. The summed E-state index contributed by atoms with van der Waals surface area (Å²) in [5.41, 5.74) is 3.82. The summed E-state index contributed by atoms with van der Waals surface area (Å²) in [6, 6.07) is 0. The second kappa shape index (κ2) is 16.0. The van der Waals surface area contributed by atoms with Crippen LogP contribution in [0.2, 0.25) is 16.2 Å². The van der Waals surface area contributed by atoms with Crippen LogP contribution < -0.4 is 0 Å². The van der Waals surface area contributed by atoms with Gasteiger partial charge in [-0.2, -0.15) is 0 Å². The first-order valence-corrected chi connectivity index (χ1v) is 22.5. The van der Waals surface area contributed by atoms with Crippen LogP contribution in [0.5, 0.6) is 0 Å². The number of rotatable bonds is 17. The molecule has 0 aliphatic carbocycles. The average molecular weight is 521 g/mol. The van der Waals surface area contributed by atoms with E-state index in [1.807, 2.05) is 18.1 Å². The Bertz CT molecular complexity index is 485. The summed E-state index contributed by atoms with van der Waals surface area (Å²) < 4.78 is 4.10. The Hall–Kier alpha value is 0.344. The third-order valence-electron chi connectivity index (χ3n) is 7.86. The predicted octanol–water partition coefficient (Wildman–Crippen LogP) is 10.3. The van der Waals surface area contributed by atoms with Gasteiger partial charge in [0.2, 0.25) is 0 Å². The minimum absolute atomic E-state index is 0.787. The van der Waals surface area contributed by atoms with Crippen LogP contribution in [0.15, 0.2) is 18.1 Å². The Balaban J connectivity index is 2.93. The molecule has 0 nitrogen and oxygen atoms in total. The summed E-state index contributed by atoms with van der Waals surface area (Å²) in [4.78, 5) is 5.56. The molecule has 1 aliphatic heterocycles. The molecule has 1 heterocycles. The summed E-state index contributed by atoms with van der Waals surface area (Å²) in [6.07, 6.45) is 24.0. The molecule has 30 heavy (non-hydrogen) atoms. The molecule has 0 bridgehead atoms. The van der Waals surface area contributed by atoms with Crippen molar-refractivity contribution in [2.24, 2.45) is 0 Å². The Morgan fingerprint density at radius 3 is 1.23 bits per heavy atom. The molecule has 0 spiro atoms. The fourth-order valence-corrected chi connectivity index (χ4v) is 18.3. The Morgan fingerprint density at radius 2 is 0.900 bits per heavy atom. The maximum atomic E-state index is 2.78. The predicted molar refractivity (Wildman–Crippen MR) is 144 cm³/mol. The zero-order chi connectivity index (χ0) is 22.4. The van der Waals surface area contributed by atoms with Crippen molar-refractivity contribution in [1.82, 2.24) is 0 Å². The van der Waals surface area contributed by atoms with E-state index in [1.165, 1.54) is 109 Å². The zero-order valence-electron chi connectivity index (χ0n) is 22.1. The Morgan fingerprint density at radius 1 is 0.533 bits per heavy atom. The molecular formula is C28H55BSn. The maximum absolute atomic E-state index is 2.78. The quantitative estimate of drug-likeness (QED) is 0.132. The van der Waals surface area contributed by atoms with Gasteiger partial charge in [-0.05, 0) is 0 Å². The van der Waals surface area contributed by atoms with Crippen LogP contribution in [0.1, 0.15) is 137 Å². The third kappa shape index (κ3) is 8.36. The van der Waals surface area contributed by atoms with Crippen molar-refractivity contribution < 1.29 is 0 Å². The van der Waals surface area contributed by atoms with Crippen molar-refractivity contribution in [2.75, 3.05) is 0 Å². The van der Waals surface area contributed by atoms with E-state index >= 15 is 0 Å². The fraction of sp³-hybridized carbons (Fsp3) is 0.857. The van der Waals surface area contributed by atoms with E-state index in [0.717, 1.165) is 6.71 Å². The van der Waals surface area contributed by atoms with Gasteiger partial charge in [-0.1, -0.05) is 0 Å². The van der Waals surface area contributed by atoms with Crippen LogP contribution in [0.4, 0.5) is 0 Å². The Kier molecular flexibility index (Phi) is 15.2. The van der Waals surface area contributed by atoms with Crippen molar-refractivity contribution in [3.05, 3.63) is 18.1 Å². The molecule has 174 valence electrons. The molecule has 1 aliphatic rings. The van der Waals surface area contributed by atoms with E-state index in [2.05, 4.69) is 44.5 Å². The molecule has 0 fully saturated rings. The van der Waals surface area contributed by atoms with E-state index in [-0.39, 0.29) is 0 Å². The molecule has 0 amide bonds. The third-order valence-corrected chi connectivity index (χ3v) is 19.7. The molecule has 0 saturated carbocycles. The Labute approximate surface area is 196 Å². The summed E-state index contributed by atoms with van der Waals surface area (Å²) in [5, 5.41) is 0. The number of unbranched alkanes of at least 4 members (excludes halogenated alkanes) is 10. The van der Waals surface area contributed by atoms with E-state index in [1.54, 1.807) is 0 Å². The molecule has 0 aromatic heterocycles. The molecule has 0 atom stereocenters. The molecular weight excluding hydrogens is 466 g/mol. The topological polar surface area (TPSA) is 0 Å². The van der Waals surface area contributed by atoms with Crippen molar-refractivity contribution >= 4 is 25.1 Å². The standard InChI is InChI=1S/C26H49B.2CH3.Sn/c1-6-11-13-15-17-19-21-23-25(8-3)27(10-5)26(9-4)24-22-20-18-16-14-12-7-2;;;/h6-22H2,1-5H3;2*1H3;. The number of hydrogen-bond donors (Lipinski definition) is 0. The first-order valence-electron chi connectivity index (χ1n) is 13.9. The van der Waals surface area contributed by atoms with Gasteiger partial charge in [-0.3, -0.25) is 0 Å². The first-order chi connectivity index (χ1) is 14.5. The van der Waals surface area contributed by atoms with E-state index in [4.69, 9.17) is 0 Å². The van der Waals surface area contributed by atoms with Gasteiger partial charge in [-0.25, -0.2) is 0 Å². The molecule has 0 aromatic rings. The van der Waals surface area contributed by atoms with Gasteiger partial charge in [0.25, 0.3) is 0 Å². The second-order valence-corrected chi connectivity index (χ2v) is 23.1. The van der Waals surface area contributed by atoms with Gasteiger partial charge in [0.05, 0.1) is 0 Å². The van der Waals surface area contributed by atoms with Crippen LogP contribution in [0, 0.1) is 0 Å². The van der Waals surface area contributed by atoms with Gasteiger partial charge in [0.15, 0.2) is 0 Å². The monoisotopic (exact) mass is 522 g/mol. The van der Waals surface area contributed by atoms with Gasteiger partial charge < -0.3 is 0 Å². The normalized spacial score (nSPS) is 16.7. The second-order valence-electron chi connectivity index (χ2n) is 10.3. The molecule has 0 N–H and O–H groups in total.